The number of benzene rings is 4. The van der Waals surface area contributed by atoms with Crippen LogP contribution in [0.25, 0.3) is 77.4 Å². The second kappa shape index (κ2) is 37.1. The van der Waals surface area contributed by atoms with E-state index in [9.17, 15) is 20.1 Å². The first-order valence-corrected chi connectivity index (χ1v) is 44.7. The van der Waals surface area contributed by atoms with E-state index in [1.165, 1.54) is 25.7 Å². The number of nitriles is 2. The van der Waals surface area contributed by atoms with E-state index < -0.39 is 17.1 Å². The molecule has 566 valence electrons. The number of halogens is 4. The summed E-state index contributed by atoms with van der Waals surface area (Å²) in [5.74, 6) is 1.93. The highest BCUT2D eigenvalue weighted by atomic mass is 35.5. The molecule has 1 unspecified atom stereocenters. The van der Waals surface area contributed by atoms with Gasteiger partial charge in [-0.15, -0.1) is 45.3 Å². The first-order chi connectivity index (χ1) is 52.6. The van der Waals surface area contributed by atoms with Crippen molar-refractivity contribution in [3.8, 4) is 54.6 Å². The molecule has 1 atom stereocenters. The number of hydrogen-bond donors (Lipinski definition) is 0. The Balaban J connectivity index is 1.10. The molecule has 0 N–H and O–H groups in total. The lowest BCUT2D eigenvalue weighted by molar-refractivity contribution is 0.0411. The maximum atomic E-state index is 14.9. The largest absolute Gasteiger partial charge is 0.491 e. The van der Waals surface area contributed by atoms with Crippen LogP contribution in [0, 0.1) is 41.7 Å². The Morgan fingerprint density at radius 2 is 0.889 bits per heavy atom. The zero-order valence-corrected chi connectivity index (χ0v) is 69.7. The number of carbonyl (C=O) groups excluding carboxylic acids is 2. The Kier molecular flexibility index (Phi) is 27.8. The summed E-state index contributed by atoms with van der Waals surface area (Å²) in [6.07, 6.45) is 35.3. The number of ketones is 2. The number of allylic oxidation sites excluding steroid dienone is 5. The standard InChI is InChI=1S/C90H98Cl4N4O6S4/c1-9-15-21-27-29-35-41-101-79-61-47-66-82-88(86-68(90(104-82,39-33-25-19-13-5)40-34-26-20-14-6)46-56(106-86)44-64-76(74(54-96)98-8)58-50-70(92)72(94)52-60(58)78(64)100)108-84(66)80(102-42-36-30-28-22-16-10-2)62(61)48-65-81-87(107-83(65)79)85-67(89(103-81,37-31-23-17-11-3)38-32-24-18-12-4)45-55(105-85)43-63-75(73(53-95)97-7)57-49-69(91)71(93)51-59(57)77(63)99/h43,45-52,64H,9-42,44H2,1-6H3/b63-43-,75-73-,76-74+. The molecule has 18 heteroatoms. The van der Waals surface area contributed by atoms with Crippen molar-refractivity contribution in [1.29, 1.82) is 10.5 Å². The SMILES string of the molecule is [C-]#[N+]/C(C#N)=C1\C(=C\c2cc3c(s2)-c2sc4c(OCCCCCCCC)c5cc6c7c(sc6c(OCCCCCCCC)c5cc4c2OC3(CCCCCC)CCCCCC)-c2sc(CC3C(=O)c4cc(Cl)c(Cl)cc4/C3=C(/C#N)[N+]#[C-])cc2C(CCCCCC)(CCCCCC)O7)C(=O)c2cc(Cl)c(Cl)cc21. The molecule has 0 amide bonds. The van der Waals surface area contributed by atoms with Crippen molar-refractivity contribution in [1.82, 2.24) is 0 Å². The maximum absolute atomic E-state index is 14.9. The molecule has 0 radical (unpaired) electrons. The second-order valence-corrected chi connectivity index (χ2v) is 35.8. The molecule has 0 spiro atoms. The van der Waals surface area contributed by atoms with Gasteiger partial charge < -0.3 is 18.9 Å². The quantitative estimate of drug-likeness (QED) is 0.0161. The minimum Gasteiger partial charge on any atom is -0.491 e. The number of fused-ring (bicyclic) bond motifs is 13. The zero-order valence-electron chi connectivity index (χ0n) is 63.4. The molecule has 0 saturated heterocycles. The maximum Gasteiger partial charge on any atom is 0.270 e. The summed E-state index contributed by atoms with van der Waals surface area (Å²) in [5.41, 5.74) is 2.92. The molecule has 4 aromatic heterocycles. The molecule has 10 nitrogen and oxygen atoms in total. The molecule has 108 heavy (non-hydrogen) atoms. The molecule has 8 aromatic rings. The van der Waals surface area contributed by atoms with Crippen molar-refractivity contribution < 1.29 is 28.5 Å². The fourth-order valence-electron chi connectivity index (χ4n) is 16.6. The van der Waals surface area contributed by atoms with E-state index in [1.807, 2.05) is 6.08 Å². The fraction of sp³-hybridized carbons (Fsp3) is 0.489. The van der Waals surface area contributed by atoms with Crippen LogP contribution in [0.1, 0.15) is 300 Å². The van der Waals surface area contributed by atoms with Crippen molar-refractivity contribution in [2.24, 2.45) is 5.92 Å². The number of hydrogen-bond acceptors (Lipinski definition) is 12. The summed E-state index contributed by atoms with van der Waals surface area (Å²) >= 11 is 33.3. The molecule has 0 bridgehead atoms. The Morgan fingerprint density at radius 1 is 0.481 bits per heavy atom. The zero-order chi connectivity index (χ0) is 76.2. The van der Waals surface area contributed by atoms with Crippen molar-refractivity contribution in [3.05, 3.63) is 152 Å². The lowest BCUT2D eigenvalue weighted by Gasteiger charge is -2.39. The number of unbranched alkanes of at least 4 members (excludes halogenated alkanes) is 22. The predicted octanol–water partition coefficient (Wildman–Crippen LogP) is 30.5. The summed E-state index contributed by atoms with van der Waals surface area (Å²) in [7, 11) is 0. The van der Waals surface area contributed by atoms with E-state index >= 15 is 0 Å². The van der Waals surface area contributed by atoms with Gasteiger partial charge in [0.1, 0.15) is 34.2 Å². The molecule has 6 heterocycles. The first-order valence-electron chi connectivity index (χ1n) is 39.9. The third-order valence-electron chi connectivity index (χ3n) is 22.3. The Labute approximate surface area is 675 Å². The average molecular weight is 1600 g/mol. The smallest absolute Gasteiger partial charge is 0.270 e. The van der Waals surface area contributed by atoms with Crippen LogP contribution in [-0.2, 0) is 17.6 Å². The molecule has 2 aliphatic carbocycles. The van der Waals surface area contributed by atoms with Crippen molar-refractivity contribution in [2.75, 3.05) is 13.2 Å². The molecule has 4 aromatic carbocycles. The van der Waals surface area contributed by atoms with E-state index in [-0.39, 0.29) is 60.6 Å². The summed E-state index contributed by atoms with van der Waals surface area (Å²) in [4.78, 5) is 43.1. The van der Waals surface area contributed by atoms with Gasteiger partial charge >= 0.3 is 0 Å². The lowest BCUT2D eigenvalue weighted by Crippen LogP contribution is -2.35. The average Bonchev–Trinajstić information content (AvgIpc) is 1.53. The van der Waals surface area contributed by atoms with Crippen LogP contribution >= 0.6 is 91.8 Å². The summed E-state index contributed by atoms with van der Waals surface area (Å²) in [6.45, 7) is 30.9. The molecular weight excluding hydrogens is 1500 g/mol. The number of nitrogens with zero attached hydrogens (tertiary/aromatic N) is 4. The van der Waals surface area contributed by atoms with Gasteiger partial charge in [0, 0.05) is 70.6 Å². The van der Waals surface area contributed by atoms with E-state index in [0.29, 0.717) is 41.0 Å². The van der Waals surface area contributed by atoms with Gasteiger partial charge in [0.2, 0.25) is 0 Å². The highest BCUT2D eigenvalue weighted by Gasteiger charge is 2.48. The number of thiophene rings is 4. The second-order valence-electron chi connectivity index (χ2n) is 29.9. The van der Waals surface area contributed by atoms with Gasteiger partial charge in [0.25, 0.3) is 11.4 Å². The first kappa shape index (κ1) is 80.8. The van der Waals surface area contributed by atoms with E-state index in [0.717, 1.165) is 274 Å². The highest BCUT2D eigenvalue weighted by molar-refractivity contribution is 7.28. The van der Waals surface area contributed by atoms with Crippen molar-refractivity contribution >= 4 is 151 Å². The lowest BCUT2D eigenvalue weighted by atomic mass is 9.81. The van der Waals surface area contributed by atoms with Gasteiger partial charge in [0.15, 0.2) is 11.6 Å². The molecule has 0 fully saturated rings. The van der Waals surface area contributed by atoms with Crippen LogP contribution in [0.2, 0.25) is 20.1 Å². The fourth-order valence-corrected chi connectivity index (χ4v) is 22.5. The Bertz CT molecular complexity index is 4920. The summed E-state index contributed by atoms with van der Waals surface area (Å²) in [5, 5.41) is 25.8. The summed E-state index contributed by atoms with van der Waals surface area (Å²) in [6, 6.07) is 19.8. The molecule has 2 aliphatic heterocycles. The van der Waals surface area contributed by atoms with Crippen molar-refractivity contribution in [2.45, 2.75) is 265 Å². The Morgan fingerprint density at radius 3 is 1.34 bits per heavy atom. The van der Waals surface area contributed by atoms with E-state index in [4.69, 9.17) is 78.5 Å². The third kappa shape index (κ3) is 16.5. The van der Waals surface area contributed by atoms with Gasteiger partial charge in [-0.2, -0.15) is 0 Å². The van der Waals surface area contributed by atoms with Gasteiger partial charge in [-0.3, -0.25) is 9.59 Å². The summed E-state index contributed by atoms with van der Waals surface area (Å²) < 4.78 is 33.2. The number of Topliss-reactive ketones (excluding diaryl/α,β-unsaturated/α-hetero) is 2. The molecular formula is C90H98Cl4N4O6S4. The van der Waals surface area contributed by atoms with Crippen LogP contribution in [0.3, 0.4) is 0 Å². The number of rotatable bonds is 39. The van der Waals surface area contributed by atoms with Crippen molar-refractivity contribution in [3.63, 3.8) is 0 Å². The van der Waals surface area contributed by atoms with Crippen LogP contribution < -0.4 is 18.9 Å². The number of ether oxygens (including phenoxy) is 4. The number of carbonyl (C=O) groups is 2. The van der Waals surface area contributed by atoms with E-state index in [1.54, 1.807) is 69.6 Å². The van der Waals surface area contributed by atoms with Gasteiger partial charge in [-0.05, 0) is 142 Å². The molecule has 0 saturated carbocycles. The van der Waals surface area contributed by atoms with E-state index in [2.05, 4.69) is 87.6 Å². The van der Waals surface area contributed by atoms with Gasteiger partial charge in [-0.1, -0.05) is 229 Å². The molecule has 4 aliphatic rings. The monoisotopic (exact) mass is 1600 g/mol. The predicted molar refractivity (Wildman–Crippen MR) is 454 cm³/mol. The van der Waals surface area contributed by atoms with Crippen LogP contribution in [0.5, 0.6) is 23.0 Å². The molecule has 12 rings (SSSR count). The normalized spacial score (nSPS) is 16.3. The highest BCUT2D eigenvalue weighted by Crippen LogP contribution is 2.65. The van der Waals surface area contributed by atoms with Gasteiger partial charge in [0.05, 0.1) is 87.5 Å². The minimum atomic E-state index is -0.809. The van der Waals surface area contributed by atoms with Crippen LogP contribution in [-0.4, -0.2) is 24.8 Å². The Hall–Kier alpha value is -6.66. The van der Waals surface area contributed by atoms with Gasteiger partial charge in [-0.25, -0.2) is 20.2 Å². The van der Waals surface area contributed by atoms with Crippen LogP contribution in [0.15, 0.2) is 65.5 Å². The van der Waals surface area contributed by atoms with Crippen LogP contribution in [0.4, 0.5) is 0 Å². The topological polar surface area (TPSA) is 127 Å². The third-order valence-corrected chi connectivity index (χ3v) is 28.7. The minimum absolute atomic E-state index is 0.126.